The number of rotatable bonds is 10. The van der Waals surface area contributed by atoms with Crippen molar-refractivity contribution >= 4 is 34.5 Å². The number of hydrazine groups is 1. The second-order valence-electron chi connectivity index (χ2n) is 9.38. The number of amides is 2. The van der Waals surface area contributed by atoms with Gasteiger partial charge in [0, 0.05) is 11.1 Å². The highest BCUT2D eigenvalue weighted by Crippen LogP contribution is 2.30. The fourth-order valence-electron chi connectivity index (χ4n) is 4.08. The lowest BCUT2D eigenvalue weighted by Gasteiger charge is -2.05. The van der Waals surface area contributed by atoms with Crippen molar-refractivity contribution in [2.75, 3.05) is 0 Å². The van der Waals surface area contributed by atoms with Crippen LogP contribution in [0.2, 0.25) is 0 Å². The summed E-state index contributed by atoms with van der Waals surface area (Å²) in [6.07, 6.45) is 6.79. The van der Waals surface area contributed by atoms with E-state index >= 15 is 0 Å². The van der Waals surface area contributed by atoms with Crippen molar-refractivity contribution in [1.29, 1.82) is 0 Å². The molecule has 2 aromatic heterocycles. The number of carbonyl (C=O) groups excluding carboxylic acids is 2. The van der Waals surface area contributed by atoms with E-state index in [0.717, 1.165) is 34.0 Å². The zero-order chi connectivity index (χ0) is 27.1. The molecule has 0 aliphatic rings. The molecule has 38 heavy (non-hydrogen) atoms. The summed E-state index contributed by atoms with van der Waals surface area (Å²) in [4.78, 5) is 35.9. The van der Waals surface area contributed by atoms with Crippen molar-refractivity contribution in [1.82, 2.24) is 20.8 Å². The first-order chi connectivity index (χ1) is 18.4. The standard InChI is InChI=1S/C30H34N4O2S2/c1-5-7-9-21-11-15-23(16-12-21)29-31-19(3)25(37-29)27(35)33-34-28(36)26-20(4)32-30(38-26)24-17-13-22(14-18-24)10-8-6-2/h11-18H,5-10H2,1-4H3,(H,33,35)(H,34,36). The topological polar surface area (TPSA) is 84.0 Å². The van der Waals surface area contributed by atoms with Gasteiger partial charge in [0.25, 0.3) is 11.8 Å². The average molecular weight is 547 g/mol. The molecule has 0 fully saturated rings. The van der Waals surface area contributed by atoms with Crippen LogP contribution in [0.4, 0.5) is 0 Å². The molecule has 4 rings (SSSR count). The summed E-state index contributed by atoms with van der Waals surface area (Å²) >= 11 is 2.64. The van der Waals surface area contributed by atoms with E-state index in [-0.39, 0.29) is 11.8 Å². The van der Waals surface area contributed by atoms with Crippen LogP contribution in [-0.4, -0.2) is 21.8 Å². The molecule has 8 heteroatoms. The quantitative estimate of drug-likeness (QED) is 0.204. The maximum atomic E-state index is 12.9. The van der Waals surface area contributed by atoms with Crippen molar-refractivity contribution in [3.05, 3.63) is 80.8 Å². The average Bonchev–Trinajstić information content (AvgIpc) is 3.52. The van der Waals surface area contributed by atoms with Gasteiger partial charge in [-0.1, -0.05) is 75.2 Å². The molecule has 6 nitrogen and oxygen atoms in total. The molecule has 4 aromatic rings. The van der Waals surface area contributed by atoms with Gasteiger partial charge in [-0.2, -0.15) is 0 Å². The molecule has 0 spiro atoms. The van der Waals surface area contributed by atoms with E-state index in [9.17, 15) is 9.59 Å². The van der Waals surface area contributed by atoms with Crippen molar-refractivity contribution in [2.45, 2.75) is 66.2 Å². The van der Waals surface area contributed by atoms with Gasteiger partial charge >= 0.3 is 0 Å². The summed E-state index contributed by atoms with van der Waals surface area (Å²) in [6.45, 7) is 7.98. The normalized spacial score (nSPS) is 10.9. The highest BCUT2D eigenvalue weighted by atomic mass is 32.1. The molecule has 0 saturated heterocycles. The largest absolute Gasteiger partial charge is 0.281 e. The number of nitrogens with one attached hydrogen (secondary N) is 2. The minimum Gasteiger partial charge on any atom is -0.266 e. The SMILES string of the molecule is CCCCc1ccc(-c2nc(C)c(C(=O)NNC(=O)c3sc(-c4ccc(CCCC)cc4)nc3C)s2)cc1. The predicted molar refractivity (Wildman–Crippen MR) is 157 cm³/mol. The van der Waals surface area contributed by atoms with Gasteiger partial charge in [0.05, 0.1) is 11.4 Å². The number of aryl methyl sites for hydroxylation is 4. The number of benzene rings is 2. The molecule has 0 radical (unpaired) electrons. The molecule has 2 aromatic carbocycles. The number of hydrogen-bond donors (Lipinski definition) is 2. The number of aromatic nitrogens is 2. The number of carbonyl (C=O) groups is 2. The molecule has 2 amide bonds. The van der Waals surface area contributed by atoms with Crippen molar-refractivity contribution in [3.63, 3.8) is 0 Å². The summed E-state index contributed by atoms with van der Waals surface area (Å²) in [5, 5.41) is 1.56. The molecule has 0 atom stereocenters. The molecule has 2 heterocycles. The molecular formula is C30H34N4O2S2. The van der Waals surface area contributed by atoms with Crippen molar-refractivity contribution in [3.8, 4) is 21.1 Å². The lowest BCUT2D eigenvalue weighted by molar-refractivity contribution is 0.0850. The number of nitrogens with zero attached hydrogens (tertiary/aromatic N) is 2. The Morgan fingerprint density at radius 1 is 0.658 bits per heavy atom. The van der Waals surface area contributed by atoms with Crippen LogP contribution in [0.15, 0.2) is 48.5 Å². The molecule has 198 valence electrons. The molecule has 2 N–H and O–H groups in total. The van der Waals surface area contributed by atoms with E-state index in [1.165, 1.54) is 59.5 Å². The fourth-order valence-corrected chi connectivity index (χ4v) is 6.01. The van der Waals surface area contributed by atoms with Gasteiger partial charge in [-0.25, -0.2) is 9.97 Å². The Kier molecular flexibility index (Phi) is 9.42. The molecular weight excluding hydrogens is 512 g/mol. The van der Waals surface area contributed by atoms with Gasteiger partial charge in [0.15, 0.2) is 0 Å². The summed E-state index contributed by atoms with van der Waals surface area (Å²) in [7, 11) is 0. The molecule has 0 bridgehead atoms. The summed E-state index contributed by atoms with van der Waals surface area (Å²) in [5.74, 6) is -0.770. The Bertz CT molecular complexity index is 1280. The third-order valence-electron chi connectivity index (χ3n) is 6.33. The van der Waals surface area contributed by atoms with Crippen LogP contribution in [0.25, 0.3) is 21.1 Å². The van der Waals surface area contributed by atoms with Gasteiger partial charge in [0.2, 0.25) is 0 Å². The fraction of sp³-hybridized carbons (Fsp3) is 0.333. The zero-order valence-corrected chi connectivity index (χ0v) is 24.0. The Morgan fingerprint density at radius 3 is 1.37 bits per heavy atom. The van der Waals surface area contributed by atoms with Crippen LogP contribution in [-0.2, 0) is 12.8 Å². The second-order valence-corrected chi connectivity index (χ2v) is 11.4. The van der Waals surface area contributed by atoms with Crippen molar-refractivity contribution < 1.29 is 9.59 Å². The maximum absolute atomic E-state index is 12.9. The van der Waals surface area contributed by atoms with Crippen LogP contribution in [0.5, 0.6) is 0 Å². The number of unbranched alkanes of at least 4 members (excludes halogenated alkanes) is 2. The highest BCUT2D eigenvalue weighted by molar-refractivity contribution is 7.17. The monoisotopic (exact) mass is 546 g/mol. The van der Waals surface area contributed by atoms with Crippen LogP contribution in [0, 0.1) is 13.8 Å². The van der Waals surface area contributed by atoms with E-state index in [1.807, 2.05) is 0 Å². The minimum atomic E-state index is -0.385. The van der Waals surface area contributed by atoms with Crippen LogP contribution in [0.1, 0.15) is 81.4 Å². The minimum absolute atomic E-state index is 0.385. The molecule has 0 aliphatic heterocycles. The number of hydrogen-bond acceptors (Lipinski definition) is 6. The molecule has 0 saturated carbocycles. The Hall–Kier alpha value is -3.36. The van der Waals surface area contributed by atoms with E-state index in [0.29, 0.717) is 21.1 Å². The van der Waals surface area contributed by atoms with E-state index in [4.69, 9.17) is 0 Å². The smallest absolute Gasteiger partial charge is 0.266 e. The second kappa shape index (κ2) is 12.9. The third kappa shape index (κ3) is 6.74. The van der Waals surface area contributed by atoms with E-state index in [1.54, 1.807) is 13.8 Å². The van der Waals surface area contributed by atoms with E-state index in [2.05, 4.69) is 83.2 Å². The lowest BCUT2D eigenvalue weighted by Crippen LogP contribution is -2.41. The first-order valence-electron chi connectivity index (χ1n) is 13.1. The Morgan fingerprint density at radius 2 is 1.03 bits per heavy atom. The third-order valence-corrected chi connectivity index (χ3v) is 8.75. The molecule has 0 aliphatic carbocycles. The Balaban J connectivity index is 1.38. The van der Waals surface area contributed by atoms with Crippen LogP contribution < -0.4 is 10.9 Å². The Labute approximate surface area is 232 Å². The van der Waals surface area contributed by atoms with Gasteiger partial charge in [-0.15, -0.1) is 22.7 Å². The highest BCUT2D eigenvalue weighted by Gasteiger charge is 2.20. The lowest BCUT2D eigenvalue weighted by atomic mass is 10.1. The van der Waals surface area contributed by atoms with Gasteiger partial charge in [-0.05, 0) is 50.7 Å². The van der Waals surface area contributed by atoms with Crippen molar-refractivity contribution in [2.24, 2.45) is 0 Å². The first kappa shape index (κ1) is 27.7. The van der Waals surface area contributed by atoms with Gasteiger partial charge in [0.1, 0.15) is 19.8 Å². The van der Waals surface area contributed by atoms with Crippen LogP contribution in [0.3, 0.4) is 0 Å². The first-order valence-corrected chi connectivity index (χ1v) is 14.8. The zero-order valence-electron chi connectivity index (χ0n) is 22.4. The van der Waals surface area contributed by atoms with Gasteiger partial charge < -0.3 is 0 Å². The summed E-state index contributed by atoms with van der Waals surface area (Å²) in [5.41, 5.74) is 10.9. The molecule has 0 unspecified atom stereocenters. The number of thiazole rings is 2. The summed E-state index contributed by atoms with van der Waals surface area (Å²) < 4.78 is 0. The predicted octanol–water partition coefficient (Wildman–Crippen LogP) is 7.31. The van der Waals surface area contributed by atoms with Crippen LogP contribution >= 0.6 is 22.7 Å². The maximum Gasteiger partial charge on any atom is 0.281 e. The summed E-state index contributed by atoms with van der Waals surface area (Å²) in [6, 6.07) is 16.7. The van der Waals surface area contributed by atoms with E-state index < -0.39 is 0 Å². The van der Waals surface area contributed by atoms with Gasteiger partial charge in [-0.3, -0.25) is 20.4 Å².